The average Bonchev–Trinajstić information content (AvgIpc) is 2.00. The molecule has 0 fully saturated rings. The number of phenolic OH excluding ortho intramolecular Hbond substituents is 1. The van der Waals surface area contributed by atoms with E-state index in [2.05, 4.69) is 15.9 Å². The molecule has 0 bridgehead atoms. The minimum atomic E-state index is 0.311. The quantitative estimate of drug-likeness (QED) is 0.815. The molecule has 1 rings (SSSR count). The van der Waals surface area contributed by atoms with Gasteiger partial charge in [0.1, 0.15) is 5.75 Å². The summed E-state index contributed by atoms with van der Waals surface area (Å²) in [4.78, 5) is 0. The van der Waals surface area contributed by atoms with E-state index >= 15 is 0 Å². The normalized spacial score (nSPS) is 10.2. The van der Waals surface area contributed by atoms with Gasteiger partial charge in [-0.1, -0.05) is 6.07 Å². The van der Waals surface area contributed by atoms with Crippen LogP contribution in [0.5, 0.6) is 5.75 Å². The van der Waals surface area contributed by atoms with Crippen molar-refractivity contribution < 1.29 is 5.11 Å². The zero-order valence-electron chi connectivity index (χ0n) is 6.97. The molecule has 0 unspecified atom stereocenters. The fourth-order valence-electron chi connectivity index (χ4n) is 1.15. The zero-order valence-corrected chi connectivity index (χ0v) is 8.56. The molecule has 0 aliphatic rings. The van der Waals surface area contributed by atoms with Crippen molar-refractivity contribution in [1.82, 2.24) is 0 Å². The maximum absolute atomic E-state index is 9.55. The van der Waals surface area contributed by atoms with Crippen molar-refractivity contribution in [1.29, 1.82) is 0 Å². The van der Waals surface area contributed by atoms with Crippen LogP contribution in [-0.2, 0) is 6.42 Å². The van der Waals surface area contributed by atoms with Gasteiger partial charge in [-0.2, -0.15) is 0 Å². The minimum absolute atomic E-state index is 0.311. The van der Waals surface area contributed by atoms with Gasteiger partial charge < -0.3 is 10.8 Å². The van der Waals surface area contributed by atoms with Gasteiger partial charge >= 0.3 is 0 Å². The highest BCUT2D eigenvalue weighted by Crippen LogP contribution is 2.29. The summed E-state index contributed by atoms with van der Waals surface area (Å²) in [5.41, 5.74) is 7.44. The number of aryl methyl sites for hydroxylation is 1. The van der Waals surface area contributed by atoms with Crippen LogP contribution in [-0.4, -0.2) is 11.7 Å². The van der Waals surface area contributed by atoms with Crippen LogP contribution in [0.1, 0.15) is 11.1 Å². The smallest absolute Gasteiger partial charge is 0.133 e. The van der Waals surface area contributed by atoms with E-state index in [1.54, 1.807) is 0 Å². The molecule has 0 saturated heterocycles. The van der Waals surface area contributed by atoms with E-state index in [4.69, 9.17) is 5.73 Å². The van der Waals surface area contributed by atoms with E-state index in [0.717, 1.165) is 15.6 Å². The van der Waals surface area contributed by atoms with Crippen molar-refractivity contribution in [3.63, 3.8) is 0 Å². The number of phenols is 1. The van der Waals surface area contributed by atoms with Crippen molar-refractivity contribution >= 4 is 15.9 Å². The van der Waals surface area contributed by atoms with Crippen molar-refractivity contribution in [2.75, 3.05) is 6.54 Å². The number of benzene rings is 1. The van der Waals surface area contributed by atoms with Crippen molar-refractivity contribution in [2.45, 2.75) is 13.3 Å². The molecule has 66 valence electrons. The Bertz CT molecular complexity index is 286. The van der Waals surface area contributed by atoms with Gasteiger partial charge in [-0.25, -0.2) is 0 Å². The largest absolute Gasteiger partial charge is 0.506 e. The number of nitrogens with two attached hydrogens (primary N) is 1. The van der Waals surface area contributed by atoms with Gasteiger partial charge in [0.25, 0.3) is 0 Å². The number of rotatable bonds is 2. The highest BCUT2D eigenvalue weighted by atomic mass is 79.9. The molecule has 0 amide bonds. The first-order chi connectivity index (χ1) is 5.65. The Hall–Kier alpha value is -0.540. The maximum atomic E-state index is 9.55. The van der Waals surface area contributed by atoms with Crippen LogP contribution in [0.4, 0.5) is 0 Å². The third-order valence-electron chi connectivity index (χ3n) is 1.70. The number of hydrogen-bond acceptors (Lipinski definition) is 2. The van der Waals surface area contributed by atoms with Gasteiger partial charge in [0.05, 0.1) is 4.47 Å². The monoisotopic (exact) mass is 229 g/mol. The molecular formula is C9H12BrNO. The average molecular weight is 230 g/mol. The van der Waals surface area contributed by atoms with Crippen LogP contribution in [0, 0.1) is 6.92 Å². The third-order valence-corrected chi connectivity index (χ3v) is 2.30. The lowest BCUT2D eigenvalue weighted by atomic mass is 10.1. The molecule has 3 N–H and O–H groups in total. The molecule has 12 heavy (non-hydrogen) atoms. The van der Waals surface area contributed by atoms with Gasteiger partial charge in [0, 0.05) is 0 Å². The highest BCUT2D eigenvalue weighted by molar-refractivity contribution is 9.10. The Balaban J connectivity index is 3.09. The summed E-state index contributed by atoms with van der Waals surface area (Å²) in [6, 6.07) is 3.84. The summed E-state index contributed by atoms with van der Waals surface area (Å²) in [6.45, 7) is 2.55. The second kappa shape index (κ2) is 3.92. The van der Waals surface area contributed by atoms with Crippen LogP contribution < -0.4 is 5.73 Å². The number of aromatic hydroxyl groups is 1. The Morgan fingerprint density at radius 1 is 1.50 bits per heavy atom. The highest BCUT2D eigenvalue weighted by Gasteiger charge is 2.04. The summed E-state index contributed by atoms with van der Waals surface area (Å²) in [6.07, 6.45) is 0.714. The molecule has 1 aromatic carbocycles. The molecule has 0 aromatic heterocycles. The zero-order chi connectivity index (χ0) is 9.14. The van der Waals surface area contributed by atoms with Crippen LogP contribution in [0.15, 0.2) is 16.6 Å². The molecule has 1 aromatic rings. The first-order valence-electron chi connectivity index (χ1n) is 3.83. The number of hydrogen-bond donors (Lipinski definition) is 2. The van der Waals surface area contributed by atoms with Gasteiger partial charge in [-0.05, 0) is 53.0 Å². The van der Waals surface area contributed by atoms with Crippen molar-refractivity contribution in [3.05, 3.63) is 27.7 Å². The fourth-order valence-corrected chi connectivity index (χ4v) is 1.77. The van der Waals surface area contributed by atoms with Crippen LogP contribution in [0.2, 0.25) is 0 Å². The summed E-state index contributed by atoms with van der Waals surface area (Å²) >= 11 is 3.28. The molecule has 0 aliphatic heterocycles. The summed E-state index contributed by atoms with van der Waals surface area (Å²) < 4.78 is 0.742. The Morgan fingerprint density at radius 3 is 2.75 bits per heavy atom. The van der Waals surface area contributed by atoms with Gasteiger partial charge in [0.15, 0.2) is 0 Å². The van der Waals surface area contributed by atoms with E-state index in [1.807, 2.05) is 19.1 Å². The Morgan fingerprint density at radius 2 is 2.17 bits per heavy atom. The summed E-state index contributed by atoms with van der Waals surface area (Å²) in [7, 11) is 0. The molecule has 2 nitrogen and oxygen atoms in total. The first-order valence-corrected chi connectivity index (χ1v) is 4.62. The first kappa shape index (κ1) is 9.55. The van der Waals surface area contributed by atoms with Crippen LogP contribution in [0.3, 0.4) is 0 Å². The van der Waals surface area contributed by atoms with E-state index in [9.17, 15) is 5.11 Å². The summed E-state index contributed by atoms with van der Waals surface area (Å²) in [5, 5.41) is 9.55. The van der Waals surface area contributed by atoms with E-state index in [1.165, 1.54) is 0 Å². The third kappa shape index (κ3) is 1.99. The second-order valence-electron chi connectivity index (χ2n) is 2.79. The lowest BCUT2D eigenvalue weighted by Gasteiger charge is -2.06. The molecule has 0 atom stereocenters. The molecule has 3 heteroatoms. The molecule has 0 saturated carbocycles. The lowest BCUT2D eigenvalue weighted by Crippen LogP contribution is -2.03. The number of halogens is 1. The lowest BCUT2D eigenvalue weighted by molar-refractivity contribution is 0.464. The standard InChI is InChI=1S/C9H12BrNO/c1-6-4-7(2-3-11)9(12)8(10)5-6/h4-5,12H,2-3,11H2,1H3. The van der Waals surface area contributed by atoms with Crippen LogP contribution >= 0.6 is 15.9 Å². The fraction of sp³-hybridized carbons (Fsp3) is 0.333. The summed E-state index contributed by atoms with van der Waals surface area (Å²) in [5.74, 6) is 0.311. The molecule has 0 aliphatic carbocycles. The van der Waals surface area contributed by atoms with Gasteiger partial charge in [-0.3, -0.25) is 0 Å². The van der Waals surface area contributed by atoms with Gasteiger partial charge in [0.2, 0.25) is 0 Å². The molecule has 0 spiro atoms. The molecule has 0 radical (unpaired) electrons. The predicted molar refractivity (Wildman–Crippen MR) is 53.3 cm³/mol. The molecular weight excluding hydrogens is 218 g/mol. The maximum Gasteiger partial charge on any atom is 0.133 e. The van der Waals surface area contributed by atoms with Crippen LogP contribution in [0.25, 0.3) is 0 Å². The van der Waals surface area contributed by atoms with Crippen molar-refractivity contribution in [2.24, 2.45) is 5.73 Å². The SMILES string of the molecule is Cc1cc(Br)c(O)c(CCN)c1. The predicted octanol–water partition coefficient (Wildman–Crippen LogP) is 1.96. The Kier molecular flexibility index (Phi) is 3.12. The topological polar surface area (TPSA) is 46.2 Å². The minimum Gasteiger partial charge on any atom is -0.506 e. The van der Waals surface area contributed by atoms with E-state index in [0.29, 0.717) is 18.7 Å². The van der Waals surface area contributed by atoms with E-state index in [-0.39, 0.29) is 0 Å². The Labute approximate surface area is 80.5 Å². The van der Waals surface area contributed by atoms with Gasteiger partial charge in [-0.15, -0.1) is 0 Å². The second-order valence-corrected chi connectivity index (χ2v) is 3.65. The molecule has 0 heterocycles. The van der Waals surface area contributed by atoms with E-state index < -0.39 is 0 Å². The van der Waals surface area contributed by atoms with Crippen molar-refractivity contribution in [3.8, 4) is 5.75 Å².